The van der Waals surface area contributed by atoms with Crippen molar-refractivity contribution >= 4 is 52.2 Å². The first-order chi connectivity index (χ1) is 15.1. The van der Waals surface area contributed by atoms with Crippen LogP contribution >= 0.6 is 22.9 Å². The minimum atomic E-state index is -4.72. The van der Waals surface area contributed by atoms with Gasteiger partial charge in [0.2, 0.25) is 5.91 Å². The number of ether oxygens (including phenoxy) is 1. The number of amides is 3. The molecule has 1 unspecified atom stereocenters. The molecule has 2 aromatic rings. The standard InChI is InChI=1S/C20H17ClF3N3O4S/c21-16-6-5-15(32-16)18(29)25-9-12-10-27(19(30)31-12)11-3-4-14(13(8-11)20(22,23)24)26-7-1-2-17(26)28/h3-6,8,12H,1-2,7,9-10H2,(H,25,29). The summed E-state index contributed by atoms with van der Waals surface area (Å²) in [6.45, 7) is 0.164. The fraction of sp³-hybridized carbons (Fsp3) is 0.350. The van der Waals surface area contributed by atoms with Gasteiger partial charge in [0.25, 0.3) is 5.91 Å². The van der Waals surface area contributed by atoms with Gasteiger partial charge in [0.1, 0.15) is 6.10 Å². The van der Waals surface area contributed by atoms with E-state index in [1.54, 1.807) is 12.1 Å². The maximum Gasteiger partial charge on any atom is 0.418 e. The van der Waals surface area contributed by atoms with Gasteiger partial charge in [-0.05, 0) is 36.8 Å². The number of benzene rings is 1. The van der Waals surface area contributed by atoms with Gasteiger partial charge in [-0.25, -0.2) is 4.79 Å². The summed E-state index contributed by atoms with van der Waals surface area (Å²) in [4.78, 5) is 38.9. The molecule has 2 aliphatic heterocycles. The van der Waals surface area contributed by atoms with Crippen LogP contribution < -0.4 is 15.1 Å². The molecule has 1 aromatic heterocycles. The summed E-state index contributed by atoms with van der Waals surface area (Å²) in [5, 5.41) is 2.62. The van der Waals surface area contributed by atoms with Crippen LogP contribution in [0.1, 0.15) is 28.1 Å². The lowest BCUT2D eigenvalue weighted by Crippen LogP contribution is -2.34. The highest BCUT2D eigenvalue weighted by Crippen LogP contribution is 2.40. The Morgan fingerprint density at radius 1 is 1.22 bits per heavy atom. The van der Waals surface area contributed by atoms with E-state index in [1.807, 2.05) is 0 Å². The number of hydrogen-bond donors (Lipinski definition) is 1. The van der Waals surface area contributed by atoms with Gasteiger partial charge in [-0.3, -0.25) is 14.5 Å². The van der Waals surface area contributed by atoms with E-state index in [-0.39, 0.29) is 43.3 Å². The molecule has 170 valence electrons. The smallest absolute Gasteiger partial charge is 0.418 e. The van der Waals surface area contributed by atoms with Crippen molar-refractivity contribution in [1.29, 1.82) is 0 Å². The number of halogens is 4. The molecule has 1 atom stereocenters. The van der Waals surface area contributed by atoms with Crippen LogP contribution in [0, 0.1) is 0 Å². The number of nitrogens with zero attached hydrogens (tertiary/aromatic N) is 2. The Labute approximate surface area is 189 Å². The van der Waals surface area contributed by atoms with Crippen LogP contribution in [0.5, 0.6) is 0 Å². The topological polar surface area (TPSA) is 79.0 Å². The molecule has 0 radical (unpaired) electrons. The predicted molar refractivity (Wildman–Crippen MR) is 112 cm³/mol. The van der Waals surface area contributed by atoms with Gasteiger partial charge in [-0.2, -0.15) is 13.2 Å². The second-order valence-electron chi connectivity index (χ2n) is 7.28. The summed E-state index contributed by atoms with van der Waals surface area (Å²) in [5.41, 5.74) is -1.23. The third-order valence-corrected chi connectivity index (χ3v) is 6.35. The molecule has 3 heterocycles. The van der Waals surface area contributed by atoms with Gasteiger partial charge in [-0.1, -0.05) is 11.6 Å². The number of carbonyl (C=O) groups excluding carboxylic acids is 3. The molecule has 0 saturated carbocycles. The van der Waals surface area contributed by atoms with Gasteiger partial charge in [0.05, 0.1) is 33.6 Å². The van der Waals surface area contributed by atoms with Gasteiger partial charge in [0, 0.05) is 18.7 Å². The quantitative estimate of drug-likeness (QED) is 0.682. The Morgan fingerprint density at radius 3 is 2.62 bits per heavy atom. The zero-order valence-electron chi connectivity index (χ0n) is 16.4. The fourth-order valence-electron chi connectivity index (χ4n) is 3.63. The summed E-state index contributed by atoms with van der Waals surface area (Å²) in [7, 11) is 0. The average Bonchev–Trinajstić information content (AvgIpc) is 3.45. The summed E-state index contributed by atoms with van der Waals surface area (Å²) in [6.07, 6.45) is -5.59. The van der Waals surface area contributed by atoms with E-state index >= 15 is 0 Å². The van der Waals surface area contributed by atoms with Gasteiger partial charge < -0.3 is 15.0 Å². The van der Waals surface area contributed by atoms with Crippen LogP contribution in [0.15, 0.2) is 30.3 Å². The van der Waals surface area contributed by atoms with Crippen LogP contribution in [-0.4, -0.2) is 43.6 Å². The molecular formula is C20H17ClF3N3O4S. The number of anilines is 2. The summed E-state index contributed by atoms with van der Waals surface area (Å²) in [6, 6.07) is 6.53. The van der Waals surface area contributed by atoms with Crippen molar-refractivity contribution in [2.24, 2.45) is 0 Å². The molecule has 7 nitrogen and oxygen atoms in total. The zero-order valence-corrected chi connectivity index (χ0v) is 18.0. The van der Waals surface area contributed by atoms with E-state index < -0.39 is 29.8 Å². The second-order valence-corrected chi connectivity index (χ2v) is 8.99. The van der Waals surface area contributed by atoms with Crippen LogP contribution in [0.2, 0.25) is 4.34 Å². The van der Waals surface area contributed by atoms with Crippen LogP contribution in [-0.2, 0) is 15.7 Å². The van der Waals surface area contributed by atoms with E-state index in [1.165, 1.54) is 12.1 Å². The molecule has 0 aliphatic carbocycles. The number of hydrogen-bond acceptors (Lipinski definition) is 5. The van der Waals surface area contributed by atoms with Crippen molar-refractivity contribution in [2.45, 2.75) is 25.1 Å². The number of alkyl halides is 3. The monoisotopic (exact) mass is 487 g/mol. The number of rotatable bonds is 5. The average molecular weight is 488 g/mol. The molecule has 1 N–H and O–H groups in total. The highest BCUT2D eigenvalue weighted by atomic mass is 35.5. The number of nitrogens with one attached hydrogen (secondary N) is 1. The lowest BCUT2D eigenvalue weighted by atomic mass is 10.1. The lowest BCUT2D eigenvalue weighted by molar-refractivity contribution is -0.137. The Bertz CT molecular complexity index is 1070. The number of thiophene rings is 1. The Balaban J connectivity index is 1.49. The molecular weight excluding hydrogens is 471 g/mol. The van der Waals surface area contributed by atoms with Crippen LogP contribution in [0.25, 0.3) is 0 Å². The van der Waals surface area contributed by atoms with Crippen LogP contribution in [0.3, 0.4) is 0 Å². The number of carbonyl (C=O) groups is 3. The molecule has 1 aromatic carbocycles. The molecule has 32 heavy (non-hydrogen) atoms. The maximum atomic E-state index is 13.7. The molecule has 12 heteroatoms. The normalized spacial score (nSPS) is 18.9. The minimum Gasteiger partial charge on any atom is -0.442 e. The van der Waals surface area contributed by atoms with E-state index in [0.29, 0.717) is 15.6 Å². The Kier molecular flexibility index (Phi) is 6.04. The molecule has 2 saturated heterocycles. The molecule has 2 fully saturated rings. The van der Waals surface area contributed by atoms with Crippen molar-refractivity contribution in [3.8, 4) is 0 Å². The summed E-state index contributed by atoms with van der Waals surface area (Å²) in [5.74, 6) is -0.762. The predicted octanol–water partition coefficient (Wildman–Crippen LogP) is 4.30. The summed E-state index contributed by atoms with van der Waals surface area (Å²) < 4.78 is 46.8. The van der Waals surface area contributed by atoms with Crippen molar-refractivity contribution in [1.82, 2.24) is 5.32 Å². The van der Waals surface area contributed by atoms with Crippen molar-refractivity contribution < 1.29 is 32.3 Å². The van der Waals surface area contributed by atoms with Crippen molar-refractivity contribution in [2.75, 3.05) is 29.4 Å². The first kappa shape index (κ1) is 22.4. The largest absolute Gasteiger partial charge is 0.442 e. The van der Waals surface area contributed by atoms with E-state index in [4.69, 9.17) is 16.3 Å². The third-order valence-electron chi connectivity index (χ3n) is 5.12. The minimum absolute atomic E-state index is 0.00316. The van der Waals surface area contributed by atoms with E-state index in [9.17, 15) is 27.6 Å². The second kappa shape index (κ2) is 8.62. The van der Waals surface area contributed by atoms with Crippen molar-refractivity contribution in [3.63, 3.8) is 0 Å². The van der Waals surface area contributed by atoms with Crippen molar-refractivity contribution in [3.05, 3.63) is 45.1 Å². The molecule has 4 rings (SSSR count). The number of cyclic esters (lactones) is 1. The Hall–Kier alpha value is -2.79. The SMILES string of the molecule is O=C(NCC1CN(c2ccc(N3CCCC3=O)c(C(F)(F)F)c2)C(=O)O1)c1ccc(Cl)s1. The Morgan fingerprint density at radius 2 is 2.00 bits per heavy atom. The highest BCUT2D eigenvalue weighted by molar-refractivity contribution is 7.18. The molecule has 0 spiro atoms. The molecule has 3 amide bonds. The highest BCUT2D eigenvalue weighted by Gasteiger charge is 2.39. The summed E-state index contributed by atoms with van der Waals surface area (Å²) >= 11 is 6.90. The molecule has 0 bridgehead atoms. The first-order valence-corrected chi connectivity index (χ1v) is 10.9. The zero-order chi connectivity index (χ0) is 23.0. The lowest BCUT2D eigenvalue weighted by Gasteiger charge is -2.23. The van der Waals surface area contributed by atoms with E-state index in [0.717, 1.165) is 27.2 Å². The maximum absolute atomic E-state index is 13.7. The third kappa shape index (κ3) is 4.53. The van der Waals surface area contributed by atoms with E-state index in [2.05, 4.69) is 5.32 Å². The van der Waals surface area contributed by atoms with Gasteiger partial charge >= 0.3 is 12.3 Å². The van der Waals surface area contributed by atoms with Gasteiger partial charge in [-0.15, -0.1) is 11.3 Å². The van der Waals surface area contributed by atoms with Crippen LogP contribution in [0.4, 0.5) is 29.3 Å². The first-order valence-electron chi connectivity index (χ1n) is 9.67. The molecule has 2 aliphatic rings. The van der Waals surface area contributed by atoms with Gasteiger partial charge in [0.15, 0.2) is 0 Å². The fourth-order valence-corrected chi connectivity index (χ4v) is 4.59.